The van der Waals surface area contributed by atoms with Gasteiger partial charge in [-0.05, 0) is 72.3 Å². The number of para-hydroxylation sites is 1. The van der Waals surface area contributed by atoms with Gasteiger partial charge in [-0.25, -0.2) is 9.82 Å². The van der Waals surface area contributed by atoms with Gasteiger partial charge in [0, 0.05) is 5.56 Å². The van der Waals surface area contributed by atoms with Crippen LogP contribution in [0.15, 0.2) is 107 Å². The average Bonchev–Trinajstić information content (AvgIpc) is 2.90. The molecule has 4 rings (SSSR count). The number of halogens is 1. The van der Waals surface area contributed by atoms with Crippen molar-refractivity contribution in [3.63, 3.8) is 0 Å². The van der Waals surface area contributed by atoms with Crippen molar-refractivity contribution in [1.82, 2.24) is 5.43 Å². The molecule has 0 bridgehead atoms. The van der Waals surface area contributed by atoms with Gasteiger partial charge < -0.3 is 13.7 Å². The van der Waals surface area contributed by atoms with Crippen molar-refractivity contribution in [1.29, 1.82) is 0 Å². The topological polar surface area (TPSA) is 103 Å². The zero-order valence-electron chi connectivity index (χ0n) is 20.2. The Morgan fingerprint density at radius 2 is 1.58 bits per heavy atom. The van der Waals surface area contributed by atoms with E-state index in [0.717, 1.165) is 0 Å². The van der Waals surface area contributed by atoms with Crippen LogP contribution < -0.4 is 19.1 Å². The number of hydrazone groups is 1. The van der Waals surface area contributed by atoms with Crippen LogP contribution in [0.5, 0.6) is 23.0 Å². The standard InChI is InChI=1S/C28H23FN2O6S/c1-35-25-9-5-6-20(16-25)17-28(32)31-30-19-21-18-26(36-23-12-10-22(29)11-13-23)14-15-27(21)38(33,34)37-24-7-3-2-4-8-24/h2-16,18-19H,17H2,1H3,(H,31,32). The van der Waals surface area contributed by atoms with Crippen LogP contribution in [-0.2, 0) is 21.3 Å². The van der Waals surface area contributed by atoms with Gasteiger partial charge in [0.2, 0.25) is 5.91 Å². The molecule has 0 fully saturated rings. The minimum absolute atomic E-state index is 0.0323. The summed E-state index contributed by atoms with van der Waals surface area (Å²) in [5, 5.41) is 3.94. The van der Waals surface area contributed by atoms with E-state index in [9.17, 15) is 17.6 Å². The molecule has 38 heavy (non-hydrogen) atoms. The van der Waals surface area contributed by atoms with E-state index in [1.807, 2.05) is 0 Å². The maximum atomic E-state index is 13.2. The number of amides is 1. The molecule has 0 unspecified atom stereocenters. The van der Waals surface area contributed by atoms with E-state index < -0.39 is 21.8 Å². The Morgan fingerprint density at radius 3 is 2.32 bits per heavy atom. The second-order valence-corrected chi connectivity index (χ2v) is 9.44. The van der Waals surface area contributed by atoms with Gasteiger partial charge in [0.15, 0.2) is 0 Å². The minimum atomic E-state index is -4.27. The first-order valence-corrected chi connectivity index (χ1v) is 12.7. The van der Waals surface area contributed by atoms with Crippen molar-refractivity contribution in [2.45, 2.75) is 11.3 Å². The van der Waals surface area contributed by atoms with Crippen molar-refractivity contribution < 1.29 is 31.3 Å². The van der Waals surface area contributed by atoms with Crippen molar-refractivity contribution in [2.24, 2.45) is 5.10 Å². The summed E-state index contributed by atoms with van der Waals surface area (Å²) in [6, 6.07) is 24.6. The summed E-state index contributed by atoms with van der Waals surface area (Å²) in [4.78, 5) is 12.2. The number of methoxy groups -OCH3 is 1. The third-order valence-electron chi connectivity index (χ3n) is 5.14. The SMILES string of the molecule is COc1cccc(CC(=O)NN=Cc2cc(Oc3ccc(F)cc3)ccc2S(=O)(=O)Oc2ccccc2)c1. The summed E-state index contributed by atoms with van der Waals surface area (Å²) in [5.74, 6) is 0.516. The molecule has 10 heteroatoms. The molecule has 0 heterocycles. The van der Waals surface area contributed by atoms with Crippen LogP contribution in [0.4, 0.5) is 4.39 Å². The lowest BCUT2D eigenvalue weighted by Crippen LogP contribution is -2.20. The zero-order chi connectivity index (χ0) is 27.0. The Labute approximate surface area is 219 Å². The number of carbonyl (C=O) groups is 1. The highest BCUT2D eigenvalue weighted by atomic mass is 32.2. The van der Waals surface area contributed by atoms with E-state index in [4.69, 9.17) is 13.7 Å². The van der Waals surface area contributed by atoms with Gasteiger partial charge in [-0.1, -0.05) is 30.3 Å². The fourth-order valence-electron chi connectivity index (χ4n) is 3.39. The predicted molar refractivity (Wildman–Crippen MR) is 140 cm³/mol. The van der Waals surface area contributed by atoms with Gasteiger partial charge in [-0.2, -0.15) is 13.5 Å². The van der Waals surface area contributed by atoms with E-state index in [-0.39, 0.29) is 28.4 Å². The number of hydrogen-bond acceptors (Lipinski definition) is 7. The predicted octanol–water partition coefficient (Wildman–Crippen LogP) is 5.09. The first-order valence-electron chi connectivity index (χ1n) is 11.3. The third-order valence-corrected chi connectivity index (χ3v) is 6.46. The highest BCUT2D eigenvalue weighted by Gasteiger charge is 2.21. The van der Waals surface area contributed by atoms with Crippen LogP contribution in [0, 0.1) is 5.82 Å². The molecule has 0 saturated carbocycles. The Bertz CT molecular complexity index is 1540. The van der Waals surface area contributed by atoms with Crippen LogP contribution in [0.25, 0.3) is 0 Å². The van der Waals surface area contributed by atoms with Gasteiger partial charge in [-0.3, -0.25) is 4.79 Å². The molecule has 8 nitrogen and oxygen atoms in total. The summed E-state index contributed by atoms with van der Waals surface area (Å²) in [6.07, 6.45) is 1.22. The molecule has 0 aliphatic heterocycles. The molecule has 0 aromatic heterocycles. The summed E-state index contributed by atoms with van der Waals surface area (Å²) in [5.41, 5.74) is 3.21. The molecular formula is C28H23FN2O6S. The Morgan fingerprint density at radius 1 is 0.868 bits per heavy atom. The van der Waals surface area contributed by atoms with Crippen LogP contribution in [0.2, 0.25) is 0 Å². The van der Waals surface area contributed by atoms with Crippen LogP contribution in [0.1, 0.15) is 11.1 Å². The number of hydrogen-bond donors (Lipinski definition) is 1. The molecule has 4 aromatic carbocycles. The fraction of sp³-hybridized carbons (Fsp3) is 0.0714. The molecule has 4 aromatic rings. The number of benzene rings is 4. The first-order chi connectivity index (χ1) is 18.3. The van der Waals surface area contributed by atoms with Gasteiger partial charge in [0.25, 0.3) is 0 Å². The Balaban J connectivity index is 1.57. The van der Waals surface area contributed by atoms with E-state index >= 15 is 0 Å². The molecule has 1 N–H and O–H groups in total. The number of nitrogens with one attached hydrogen (secondary N) is 1. The molecule has 0 spiro atoms. The second-order valence-electron chi connectivity index (χ2n) is 7.93. The van der Waals surface area contributed by atoms with E-state index in [2.05, 4.69) is 10.5 Å². The van der Waals surface area contributed by atoms with Crippen LogP contribution in [0.3, 0.4) is 0 Å². The highest BCUT2D eigenvalue weighted by Crippen LogP contribution is 2.27. The van der Waals surface area contributed by atoms with Crippen molar-refractivity contribution in [3.8, 4) is 23.0 Å². The summed E-state index contributed by atoms with van der Waals surface area (Å²) < 4.78 is 55.5. The largest absolute Gasteiger partial charge is 0.497 e. The van der Waals surface area contributed by atoms with Gasteiger partial charge in [-0.15, -0.1) is 0 Å². The lowest BCUT2D eigenvalue weighted by atomic mass is 10.1. The van der Waals surface area contributed by atoms with Crippen LogP contribution >= 0.6 is 0 Å². The maximum Gasteiger partial charge on any atom is 0.339 e. The van der Waals surface area contributed by atoms with Gasteiger partial charge in [0.05, 0.1) is 19.7 Å². The number of ether oxygens (including phenoxy) is 2. The second kappa shape index (κ2) is 12.0. The van der Waals surface area contributed by atoms with Crippen molar-refractivity contribution in [2.75, 3.05) is 7.11 Å². The molecular weight excluding hydrogens is 511 g/mol. The summed E-state index contributed by atoms with van der Waals surface area (Å²) in [7, 11) is -2.74. The van der Waals surface area contributed by atoms with Gasteiger partial charge in [0.1, 0.15) is 33.7 Å². The monoisotopic (exact) mass is 534 g/mol. The summed E-state index contributed by atoms with van der Waals surface area (Å²) in [6.45, 7) is 0. The minimum Gasteiger partial charge on any atom is -0.497 e. The number of carbonyl (C=O) groups excluding carboxylic acids is 1. The smallest absolute Gasteiger partial charge is 0.339 e. The molecule has 1 amide bonds. The van der Waals surface area contributed by atoms with E-state index in [0.29, 0.717) is 17.1 Å². The van der Waals surface area contributed by atoms with Crippen molar-refractivity contribution >= 4 is 22.2 Å². The lowest BCUT2D eigenvalue weighted by Gasteiger charge is -2.12. The number of nitrogens with zero attached hydrogens (tertiary/aromatic N) is 1. The van der Waals surface area contributed by atoms with E-state index in [1.54, 1.807) is 42.5 Å². The molecule has 0 saturated heterocycles. The van der Waals surface area contributed by atoms with Crippen LogP contribution in [-0.4, -0.2) is 27.6 Å². The zero-order valence-corrected chi connectivity index (χ0v) is 21.0. The summed E-state index contributed by atoms with van der Waals surface area (Å²) >= 11 is 0. The molecule has 0 aliphatic rings. The Hall–Kier alpha value is -4.70. The lowest BCUT2D eigenvalue weighted by molar-refractivity contribution is -0.120. The molecule has 194 valence electrons. The maximum absolute atomic E-state index is 13.2. The first kappa shape index (κ1) is 26.4. The highest BCUT2D eigenvalue weighted by molar-refractivity contribution is 7.87. The normalized spacial score (nSPS) is 11.2. The Kier molecular flexibility index (Phi) is 8.34. The molecule has 0 radical (unpaired) electrons. The van der Waals surface area contributed by atoms with Gasteiger partial charge >= 0.3 is 10.1 Å². The van der Waals surface area contributed by atoms with E-state index in [1.165, 1.54) is 67.9 Å². The van der Waals surface area contributed by atoms with Crippen molar-refractivity contribution in [3.05, 3.63) is 114 Å². The number of rotatable bonds is 10. The fourth-order valence-corrected chi connectivity index (χ4v) is 4.48. The quantitative estimate of drug-likeness (QED) is 0.173. The third kappa shape index (κ3) is 7.17. The molecule has 0 aliphatic carbocycles. The average molecular weight is 535 g/mol. The molecule has 0 atom stereocenters.